The van der Waals surface area contributed by atoms with Crippen LogP contribution in [0.15, 0.2) is 28.7 Å². The predicted molar refractivity (Wildman–Crippen MR) is 87.9 cm³/mol. The molecule has 21 heavy (non-hydrogen) atoms. The third-order valence-corrected chi connectivity index (χ3v) is 5.32. The Morgan fingerprint density at radius 2 is 2.10 bits per heavy atom. The van der Waals surface area contributed by atoms with Gasteiger partial charge in [0.15, 0.2) is 0 Å². The molecule has 1 saturated heterocycles. The third-order valence-electron chi connectivity index (χ3n) is 4.54. The molecule has 1 aromatic carbocycles. The molecule has 1 saturated carbocycles. The molecule has 0 bridgehead atoms. The van der Waals surface area contributed by atoms with Crippen molar-refractivity contribution in [3.8, 4) is 0 Å². The molecular weight excluding hydrogens is 328 g/mol. The van der Waals surface area contributed by atoms with E-state index in [1.807, 2.05) is 12.1 Å². The van der Waals surface area contributed by atoms with Crippen LogP contribution in [0.3, 0.4) is 0 Å². The summed E-state index contributed by atoms with van der Waals surface area (Å²) >= 11 is 3.60. The van der Waals surface area contributed by atoms with E-state index in [1.165, 1.54) is 5.56 Å². The van der Waals surface area contributed by atoms with Crippen LogP contribution in [0.4, 0.5) is 0 Å². The number of nitrogens with one attached hydrogen (secondary N) is 1. The molecule has 1 aromatic rings. The lowest BCUT2D eigenvalue weighted by molar-refractivity contribution is -0.138. The molecule has 0 radical (unpaired) electrons. The van der Waals surface area contributed by atoms with Crippen molar-refractivity contribution in [2.75, 3.05) is 6.54 Å². The highest BCUT2D eigenvalue weighted by Gasteiger charge is 2.37. The second-order valence-corrected chi connectivity index (χ2v) is 7.22. The van der Waals surface area contributed by atoms with E-state index in [9.17, 15) is 4.79 Å². The SMILES string of the molecule is CC1CC(C(=O)N(Cc2ccccc2Br)C2CC2)CCN1. The van der Waals surface area contributed by atoms with Crippen LogP contribution in [-0.2, 0) is 11.3 Å². The van der Waals surface area contributed by atoms with Gasteiger partial charge in [-0.25, -0.2) is 0 Å². The van der Waals surface area contributed by atoms with Crippen molar-refractivity contribution < 1.29 is 4.79 Å². The van der Waals surface area contributed by atoms with E-state index in [1.54, 1.807) is 0 Å². The highest BCUT2D eigenvalue weighted by Crippen LogP contribution is 2.32. The Bertz CT molecular complexity index is 515. The van der Waals surface area contributed by atoms with Gasteiger partial charge in [0, 0.05) is 29.0 Å². The zero-order chi connectivity index (χ0) is 14.8. The van der Waals surface area contributed by atoms with Crippen molar-refractivity contribution in [3.05, 3.63) is 34.3 Å². The minimum Gasteiger partial charge on any atom is -0.335 e. The molecule has 1 N–H and O–H groups in total. The molecule has 114 valence electrons. The normalized spacial score (nSPS) is 25.6. The quantitative estimate of drug-likeness (QED) is 0.903. The number of piperidine rings is 1. The summed E-state index contributed by atoms with van der Waals surface area (Å²) in [5.74, 6) is 0.561. The average Bonchev–Trinajstić information content (AvgIpc) is 3.30. The molecular formula is C17H23BrN2O. The van der Waals surface area contributed by atoms with E-state index in [0.717, 1.165) is 43.2 Å². The first-order valence-corrected chi connectivity index (χ1v) is 8.71. The molecule has 0 aromatic heterocycles. The van der Waals surface area contributed by atoms with Gasteiger partial charge in [0.1, 0.15) is 0 Å². The summed E-state index contributed by atoms with van der Waals surface area (Å²) < 4.78 is 1.10. The molecule has 3 rings (SSSR count). The van der Waals surface area contributed by atoms with Crippen LogP contribution < -0.4 is 5.32 Å². The van der Waals surface area contributed by atoms with Crippen LogP contribution in [0.25, 0.3) is 0 Å². The van der Waals surface area contributed by atoms with Crippen molar-refractivity contribution in [3.63, 3.8) is 0 Å². The van der Waals surface area contributed by atoms with E-state index in [-0.39, 0.29) is 5.92 Å². The van der Waals surface area contributed by atoms with Crippen molar-refractivity contribution in [2.24, 2.45) is 5.92 Å². The summed E-state index contributed by atoms with van der Waals surface area (Å²) in [6.45, 7) is 3.88. The number of hydrogen-bond acceptors (Lipinski definition) is 2. The number of rotatable bonds is 4. The Morgan fingerprint density at radius 1 is 1.33 bits per heavy atom. The highest BCUT2D eigenvalue weighted by molar-refractivity contribution is 9.10. The zero-order valence-electron chi connectivity index (χ0n) is 12.5. The van der Waals surface area contributed by atoms with Gasteiger partial charge in [-0.15, -0.1) is 0 Å². The Kier molecular flexibility index (Phi) is 4.65. The van der Waals surface area contributed by atoms with Gasteiger partial charge in [-0.2, -0.15) is 0 Å². The predicted octanol–water partition coefficient (Wildman–Crippen LogP) is 3.33. The minimum atomic E-state index is 0.198. The molecule has 3 nitrogen and oxygen atoms in total. The third kappa shape index (κ3) is 3.67. The van der Waals surface area contributed by atoms with E-state index < -0.39 is 0 Å². The van der Waals surface area contributed by atoms with E-state index in [4.69, 9.17) is 0 Å². The van der Waals surface area contributed by atoms with Gasteiger partial charge >= 0.3 is 0 Å². The van der Waals surface area contributed by atoms with E-state index in [2.05, 4.69) is 45.2 Å². The van der Waals surface area contributed by atoms with Crippen molar-refractivity contribution in [1.29, 1.82) is 0 Å². The largest absolute Gasteiger partial charge is 0.335 e. The van der Waals surface area contributed by atoms with Gasteiger partial charge in [-0.1, -0.05) is 34.1 Å². The first-order valence-electron chi connectivity index (χ1n) is 7.92. The lowest BCUT2D eigenvalue weighted by Crippen LogP contribution is -2.44. The summed E-state index contributed by atoms with van der Waals surface area (Å²) in [5.41, 5.74) is 1.21. The molecule has 1 amide bonds. The second kappa shape index (κ2) is 6.49. The highest BCUT2D eigenvalue weighted by atomic mass is 79.9. The number of benzene rings is 1. The lowest BCUT2D eigenvalue weighted by Gasteiger charge is -2.32. The van der Waals surface area contributed by atoms with E-state index >= 15 is 0 Å². The molecule has 0 spiro atoms. The van der Waals surface area contributed by atoms with Crippen molar-refractivity contribution in [2.45, 2.75) is 51.2 Å². The summed E-state index contributed by atoms with van der Waals surface area (Å²) in [4.78, 5) is 15.1. The number of nitrogens with zero attached hydrogens (tertiary/aromatic N) is 1. The van der Waals surface area contributed by atoms with Crippen LogP contribution in [0.2, 0.25) is 0 Å². The molecule has 4 heteroatoms. The monoisotopic (exact) mass is 350 g/mol. The first-order chi connectivity index (χ1) is 10.1. The minimum absolute atomic E-state index is 0.198. The molecule has 1 aliphatic heterocycles. The molecule has 2 aliphatic rings. The summed E-state index contributed by atoms with van der Waals surface area (Å²) in [6.07, 6.45) is 4.27. The van der Waals surface area contributed by atoms with Gasteiger partial charge in [0.2, 0.25) is 5.91 Å². The summed E-state index contributed by atoms with van der Waals surface area (Å²) in [5, 5.41) is 3.43. The van der Waals surface area contributed by atoms with Gasteiger partial charge in [-0.3, -0.25) is 4.79 Å². The fourth-order valence-corrected chi connectivity index (χ4v) is 3.58. The van der Waals surface area contributed by atoms with Gasteiger partial charge in [0.05, 0.1) is 0 Å². The molecule has 2 fully saturated rings. The molecule has 2 atom stereocenters. The van der Waals surface area contributed by atoms with Crippen LogP contribution >= 0.6 is 15.9 Å². The number of amides is 1. The maximum Gasteiger partial charge on any atom is 0.226 e. The fourth-order valence-electron chi connectivity index (χ4n) is 3.17. The lowest BCUT2D eigenvalue weighted by atomic mass is 9.91. The number of hydrogen-bond donors (Lipinski definition) is 1. The molecule has 1 aliphatic carbocycles. The average molecular weight is 351 g/mol. The first kappa shape index (κ1) is 15.0. The van der Waals surface area contributed by atoms with Gasteiger partial charge in [-0.05, 0) is 50.8 Å². The molecule has 2 unspecified atom stereocenters. The van der Waals surface area contributed by atoms with Crippen LogP contribution in [0.1, 0.15) is 38.2 Å². The maximum absolute atomic E-state index is 12.9. The van der Waals surface area contributed by atoms with Crippen LogP contribution in [0.5, 0.6) is 0 Å². The molecule has 1 heterocycles. The number of halogens is 1. The van der Waals surface area contributed by atoms with E-state index in [0.29, 0.717) is 18.0 Å². The Hall–Kier alpha value is -0.870. The van der Waals surface area contributed by atoms with Gasteiger partial charge in [0.25, 0.3) is 0 Å². The Labute approximate surface area is 135 Å². The van der Waals surface area contributed by atoms with Gasteiger partial charge < -0.3 is 10.2 Å². The van der Waals surface area contributed by atoms with Crippen LogP contribution in [-0.4, -0.2) is 29.4 Å². The van der Waals surface area contributed by atoms with Crippen LogP contribution in [0, 0.1) is 5.92 Å². The smallest absolute Gasteiger partial charge is 0.226 e. The Balaban J connectivity index is 1.72. The zero-order valence-corrected chi connectivity index (χ0v) is 14.1. The second-order valence-electron chi connectivity index (χ2n) is 6.37. The number of carbonyl (C=O) groups is 1. The topological polar surface area (TPSA) is 32.3 Å². The fraction of sp³-hybridized carbons (Fsp3) is 0.588. The Morgan fingerprint density at radius 3 is 2.76 bits per heavy atom. The number of carbonyl (C=O) groups excluding carboxylic acids is 1. The van der Waals surface area contributed by atoms with Crippen molar-refractivity contribution in [1.82, 2.24) is 10.2 Å². The standard InChI is InChI=1S/C17H23BrN2O/c1-12-10-13(8-9-19-12)17(21)20(15-6-7-15)11-14-4-2-3-5-16(14)18/h2-5,12-13,15,19H,6-11H2,1H3. The summed E-state index contributed by atoms with van der Waals surface area (Å²) in [6, 6.07) is 9.15. The van der Waals surface area contributed by atoms with Crippen molar-refractivity contribution >= 4 is 21.8 Å². The maximum atomic E-state index is 12.9. The summed E-state index contributed by atoms with van der Waals surface area (Å²) in [7, 11) is 0.